The SMILES string of the molecule is Cc1nc(NCCNC(=O)c2ccno2)cc(-n2cccn2)n1. The second-order valence-electron chi connectivity index (χ2n) is 4.67. The fourth-order valence-electron chi connectivity index (χ4n) is 1.95. The van der Waals surface area contributed by atoms with Gasteiger partial charge in [-0.3, -0.25) is 4.79 Å². The lowest BCUT2D eigenvalue weighted by atomic mass is 10.4. The van der Waals surface area contributed by atoms with Gasteiger partial charge in [0.05, 0.1) is 6.20 Å². The van der Waals surface area contributed by atoms with E-state index in [0.29, 0.717) is 30.5 Å². The van der Waals surface area contributed by atoms with Crippen molar-refractivity contribution in [2.24, 2.45) is 0 Å². The summed E-state index contributed by atoms with van der Waals surface area (Å²) in [5.41, 5.74) is 0. The summed E-state index contributed by atoms with van der Waals surface area (Å²) in [6, 6.07) is 5.12. The average Bonchev–Trinajstić information content (AvgIpc) is 3.23. The van der Waals surface area contributed by atoms with Crippen molar-refractivity contribution in [3.63, 3.8) is 0 Å². The molecule has 3 aromatic rings. The van der Waals surface area contributed by atoms with E-state index in [9.17, 15) is 4.79 Å². The second kappa shape index (κ2) is 6.69. The number of nitrogens with one attached hydrogen (secondary N) is 2. The van der Waals surface area contributed by atoms with Crippen LogP contribution in [0, 0.1) is 6.92 Å². The van der Waals surface area contributed by atoms with E-state index in [1.165, 1.54) is 12.3 Å². The molecule has 0 aliphatic carbocycles. The number of anilines is 1. The lowest BCUT2D eigenvalue weighted by molar-refractivity contribution is 0.0918. The predicted octanol–water partition coefficient (Wildman–Crippen LogP) is 0.801. The molecule has 0 aliphatic rings. The fourth-order valence-corrected chi connectivity index (χ4v) is 1.95. The molecule has 3 heterocycles. The molecule has 9 nitrogen and oxygen atoms in total. The molecule has 0 fully saturated rings. The highest BCUT2D eigenvalue weighted by atomic mass is 16.5. The molecular weight excluding hydrogens is 298 g/mol. The molecule has 0 atom stereocenters. The van der Waals surface area contributed by atoms with E-state index in [4.69, 9.17) is 4.52 Å². The molecule has 2 N–H and O–H groups in total. The van der Waals surface area contributed by atoms with Crippen LogP contribution in [0.1, 0.15) is 16.4 Å². The van der Waals surface area contributed by atoms with Crippen molar-refractivity contribution >= 4 is 11.7 Å². The summed E-state index contributed by atoms with van der Waals surface area (Å²) in [4.78, 5) is 20.3. The van der Waals surface area contributed by atoms with Gasteiger partial charge in [-0.1, -0.05) is 5.16 Å². The van der Waals surface area contributed by atoms with Crippen LogP contribution in [-0.4, -0.2) is 43.9 Å². The van der Waals surface area contributed by atoms with Gasteiger partial charge >= 0.3 is 0 Å². The number of hydrogen-bond acceptors (Lipinski definition) is 7. The van der Waals surface area contributed by atoms with Gasteiger partial charge in [0.2, 0.25) is 5.76 Å². The summed E-state index contributed by atoms with van der Waals surface area (Å²) in [6.07, 6.45) is 4.92. The summed E-state index contributed by atoms with van der Waals surface area (Å²) in [5, 5.41) is 13.5. The highest BCUT2D eigenvalue weighted by molar-refractivity contribution is 5.91. The maximum atomic E-state index is 11.7. The van der Waals surface area contributed by atoms with Crippen LogP contribution in [0.2, 0.25) is 0 Å². The van der Waals surface area contributed by atoms with Crippen LogP contribution >= 0.6 is 0 Å². The quantitative estimate of drug-likeness (QED) is 0.647. The predicted molar refractivity (Wildman–Crippen MR) is 81.2 cm³/mol. The van der Waals surface area contributed by atoms with Crippen molar-refractivity contribution in [2.75, 3.05) is 18.4 Å². The monoisotopic (exact) mass is 313 g/mol. The van der Waals surface area contributed by atoms with Crippen LogP contribution in [0.15, 0.2) is 41.3 Å². The Hall–Kier alpha value is -3.23. The van der Waals surface area contributed by atoms with E-state index in [2.05, 4.69) is 30.9 Å². The van der Waals surface area contributed by atoms with Crippen molar-refractivity contribution in [1.29, 1.82) is 0 Å². The van der Waals surface area contributed by atoms with Gasteiger partial charge in [-0.2, -0.15) is 5.10 Å². The molecule has 0 bridgehead atoms. The van der Waals surface area contributed by atoms with E-state index in [0.717, 1.165) is 0 Å². The van der Waals surface area contributed by atoms with Crippen molar-refractivity contribution in [3.05, 3.63) is 48.4 Å². The van der Waals surface area contributed by atoms with Gasteiger partial charge in [-0.25, -0.2) is 14.6 Å². The smallest absolute Gasteiger partial charge is 0.289 e. The van der Waals surface area contributed by atoms with Gasteiger partial charge in [0.25, 0.3) is 5.91 Å². The number of aryl methyl sites for hydroxylation is 1. The number of carbonyl (C=O) groups excluding carboxylic acids is 1. The molecule has 0 aliphatic heterocycles. The molecule has 118 valence electrons. The van der Waals surface area contributed by atoms with Gasteiger partial charge in [0.15, 0.2) is 5.82 Å². The van der Waals surface area contributed by atoms with Gasteiger partial charge in [-0.15, -0.1) is 0 Å². The van der Waals surface area contributed by atoms with E-state index in [-0.39, 0.29) is 11.7 Å². The van der Waals surface area contributed by atoms with Crippen LogP contribution in [0.3, 0.4) is 0 Å². The summed E-state index contributed by atoms with van der Waals surface area (Å²) in [7, 11) is 0. The minimum Gasteiger partial charge on any atom is -0.368 e. The molecule has 0 aromatic carbocycles. The Morgan fingerprint density at radius 3 is 2.96 bits per heavy atom. The molecule has 0 saturated heterocycles. The first-order valence-corrected chi connectivity index (χ1v) is 7.01. The third-order valence-corrected chi connectivity index (χ3v) is 2.94. The van der Waals surface area contributed by atoms with E-state index in [1.54, 1.807) is 16.9 Å². The Labute approximate surface area is 131 Å². The van der Waals surface area contributed by atoms with Gasteiger partial charge < -0.3 is 15.2 Å². The van der Waals surface area contributed by atoms with E-state index < -0.39 is 0 Å². The first-order chi connectivity index (χ1) is 11.2. The minimum atomic E-state index is -0.305. The van der Waals surface area contributed by atoms with Crippen molar-refractivity contribution in [3.8, 4) is 5.82 Å². The molecule has 23 heavy (non-hydrogen) atoms. The number of hydrogen-bond donors (Lipinski definition) is 2. The zero-order valence-corrected chi connectivity index (χ0v) is 12.4. The topological polar surface area (TPSA) is 111 Å². The van der Waals surface area contributed by atoms with Crippen LogP contribution < -0.4 is 10.6 Å². The van der Waals surface area contributed by atoms with Gasteiger partial charge in [0.1, 0.15) is 11.6 Å². The molecule has 3 rings (SSSR count). The molecule has 1 amide bonds. The number of carbonyl (C=O) groups is 1. The first-order valence-electron chi connectivity index (χ1n) is 7.01. The lowest BCUT2D eigenvalue weighted by Gasteiger charge is -2.09. The molecule has 0 saturated carbocycles. The Morgan fingerprint density at radius 1 is 1.30 bits per heavy atom. The van der Waals surface area contributed by atoms with Gasteiger partial charge in [-0.05, 0) is 13.0 Å². The normalized spacial score (nSPS) is 10.5. The highest BCUT2D eigenvalue weighted by Gasteiger charge is 2.08. The van der Waals surface area contributed by atoms with Crippen LogP contribution in [0.5, 0.6) is 0 Å². The maximum absolute atomic E-state index is 11.7. The fraction of sp³-hybridized carbons (Fsp3) is 0.214. The first kappa shape index (κ1) is 14.7. The van der Waals surface area contributed by atoms with E-state index in [1.807, 2.05) is 19.2 Å². The Balaban J connectivity index is 1.55. The van der Waals surface area contributed by atoms with Crippen LogP contribution in [-0.2, 0) is 0 Å². The number of nitrogens with zero attached hydrogens (tertiary/aromatic N) is 5. The maximum Gasteiger partial charge on any atom is 0.289 e. The Kier molecular flexibility index (Phi) is 4.27. The summed E-state index contributed by atoms with van der Waals surface area (Å²) >= 11 is 0. The zero-order chi connectivity index (χ0) is 16.1. The van der Waals surface area contributed by atoms with Crippen LogP contribution in [0.25, 0.3) is 5.82 Å². The second-order valence-corrected chi connectivity index (χ2v) is 4.67. The third kappa shape index (κ3) is 3.70. The Morgan fingerprint density at radius 2 is 2.22 bits per heavy atom. The summed E-state index contributed by atoms with van der Waals surface area (Å²) in [6.45, 7) is 2.73. The molecule has 0 radical (unpaired) electrons. The van der Waals surface area contributed by atoms with E-state index >= 15 is 0 Å². The molecule has 3 aromatic heterocycles. The number of rotatable bonds is 6. The van der Waals surface area contributed by atoms with Gasteiger partial charge in [0, 0.05) is 37.6 Å². The largest absolute Gasteiger partial charge is 0.368 e. The van der Waals surface area contributed by atoms with Crippen molar-refractivity contribution in [2.45, 2.75) is 6.92 Å². The summed E-state index contributed by atoms with van der Waals surface area (Å²) < 4.78 is 6.43. The highest BCUT2D eigenvalue weighted by Crippen LogP contribution is 2.09. The standard InChI is InChI=1S/C14H15N7O2/c1-10-19-12(9-13(20-10)21-8-2-4-17-21)15-6-7-16-14(22)11-3-5-18-23-11/h2-5,8-9H,6-7H2,1H3,(H,16,22)(H,15,19,20). The van der Waals surface area contributed by atoms with Crippen molar-refractivity contribution in [1.82, 2.24) is 30.2 Å². The average molecular weight is 313 g/mol. The number of amides is 1. The lowest BCUT2D eigenvalue weighted by Crippen LogP contribution is -2.28. The minimum absolute atomic E-state index is 0.184. The van der Waals surface area contributed by atoms with Crippen molar-refractivity contribution < 1.29 is 9.32 Å². The molecule has 0 spiro atoms. The summed E-state index contributed by atoms with van der Waals surface area (Å²) in [5.74, 6) is 1.85. The number of aromatic nitrogens is 5. The molecular formula is C14H15N7O2. The third-order valence-electron chi connectivity index (χ3n) is 2.94. The zero-order valence-electron chi connectivity index (χ0n) is 12.4. The molecule has 0 unspecified atom stereocenters. The Bertz CT molecular complexity index is 769. The van der Waals surface area contributed by atoms with Crippen LogP contribution in [0.4, 0.5) is 5.82 Å². The molecule has 9 heteroatoms.